The summed E-state index contributed by atoms with van der Waals surface area (Å²) in [7, 11) is -3.34. The van der Waals surface area contributed by atoms with E-state index in [0.717, 1.165) is 19.1 Å². The molecule has 0 atom stereocenters. The number of benzene rings is 1. The molecule has 1 saturated heterocycles. The lowest BCUT2D eigenvalue weighted by Crippen LogP contribution is -2.45. The van der Waals surface area contributed by atoms with Crippen molar-refractivity contribution in [2.24, 2.45) is 5.92 Å². The Morgan fingerprint density at radius 1 is 0.931 bits per heavy atom. The summed E-state index contributed by atoms with van der Waals surface area (Å²) >= 11 is 0. The molecule has 29 heavy (non-hydrogen) atoms. The SMILES string of the molecule is CS(=O)(=O)Nc1ccc(C(=O)N2CCC(C(=O)NC3CCCCCC3)CC2)cc1. The number of rotatable bonds is 5. The van der Waals surface area contributed by atoms with Gasteiger partial charge in [0.1, 0.15) is 0 Å². The van der Waals surface area contributed by atoms with E-state index in [4.69, 9.17) is 0 Å². The summed E-state index contributed by atoms with van der Waals surface area (Å²) < 4.78 is 24.9. The predicted octanol–water partition coefficient (Wildman–Crippen LogP) is 2.75. The normalized spacial score (nSPS) is 19.4. The number of carbonyl (C=O) groups is 2. The van der Waals surface area contributed by atoms with Crippen LogP contribution in [0.15, 0.2) is 24.3 Å². The first-order valence-electron chi connectivity index (χ1n) is 10.5. The smallest absolute Gasteiger partial charge is 0.253 e. The largest absolute Gasteiger partial charge is 0.353 e. The molecule has 2 amide bonds. The van der Waals surface area contributed by atoms with E-state index in [0.29, 0.717) is 43.2 Å². The molecule has 1 aromatic rings. The van der Waals surface area contributed by atoms with Gasteiger partial charge in [0.25, 0.3) is 5.91 Å². The highest BCUT2D eigenvalue weighted by Crippen LogP contribution is 2.22. The van der Waals surface area contributed by atoms with Gasteiger partial charge in [-0.15, -0.1) is 0 Å². The van der Waals surface area contributed by atoms with Gasteiger partial charge in [-0.2, -0.15) is 0 Å². The number of sulfonamides is 1. The van der Waals surface area contributed by atoms with Crippen molar-refractivity contribution in [2.75, 3.05) is 24.1 Å². The predicted molar refractivity (Wildman–Crippen MR) is 113 cm³/mol. The molecule has 0 aromatic heterocycles. The number of carbonyl (C=O) groups excluding carboxylic acids is 2. The van der Waals surface area contributed by atoms with Crippen LogP contribution in [0.25, 0.3) is 0 Å². The molecule has 0 radical (unpaired) electrons. The number of anilines is 1. The average molecular weight is 422 g/mol. The topological polar surface area (TPSA) is 95.6 Å². The van der Waals surface area contributed by atoms with Crippen molar-refractivity contribution in [3.05, 3.63) is 29.8 Å². The van der Waals surface area contributed by atoms with Crippen LogP contribution in [0.5, 0.6) is 0 Å². The van der Waals surface area contributed by atoms with Crippen LogP contribution in [0.2, 0.25) is 0 Å². The summed E-state index contributed by atoms with van der Waals surface area (Å²) in [6, 6.07) is 6.73. The van der Waals surface area contributed by atoms with Crippen molar-refractivity contribution in [3.8, 4) is 0 Å². The molecule has 8 heteroatoms. The van der Waals surface area contributed by atoms with Crippen LogP contribution in [0.3, 0.4) is 0 Å². The Kier molecular flexibility index (Phi) is 7.16. The maximum atomic E-state index is 12.7. The van der Waals surface area contributed by atoms with Gasteiger partial charge < -0.3 is 10.2 Å². The molecule has 1 heterocycles. The van der Waals surface area contributed by atoms with Gasteiger partial charge >= 0.3 is 0 Å². The maximum Gasteiger partial charge on any atom is 0.253 e. The number of hydrogen-bond donors (Lipinski definition) is 2. The third kappa shape index (κ3) is 6.45. The molecule has 2 fully saturated rings. The standard InChI is InChI=1S/C21H31N3O4S/c1-29(27,28)23-19-10-8-17(9-11-19)21(26)24-14-12-16(13-15-24)20(25)22-18-6-4-2-3-5-7-18/h8-11,16,18,23H,2-7,12-15H2,1H3,(H,22,25). The number of nitrogens with one attached hydrogen (secondary N) is 2. The Hall–Kier alpha value is -2.09. The zero-order chi connectivity index (χ0) is 20.9. The molecular formula is C21H31N3O4S. The molecule has 1 aromatic carbocycles. The van der Waals surface area contributed by atoms with E-state index in [2.05, 4.69) is 10.0 Å². The Labute approximate surface area is 173 Å². The summed E-state index contributed by atoms with van der Waals surface area (Å²) in [6.45, 7) is 1.12. The molecule has 1 aliphatic carbocycles. The van der Waals surface area contributed by atoms with Crippen LogP contribution in [0, 0.1) is 5.92 Å². The van der Waals surface area contributed by atoms with Gasteiger partial charge in [0, 0.05) is 36.3 Å². The van der Waals surface area contributed by atoms with Crippen LogP contribution in [0.1, 0.15) is 61.7 Å². The molecule has 0 bridgehead atoms. The maximum absolute atomic E-state index is 12.7. The Bertz CT molecular complexity index is 807. The Morgan fingerprint density at radius 3 is 2.07 bits per heavy atom. The molecule has 3 rings (SSSR count). The number of likely N-dealkylation sites (tertiary alicyclic amines) is 1. The van der Waals surface area contributed by atoms with E-state index in [1.807, 2.05) is 0 Å². The third-order valence-corrected chi connectivity index (χ3v) is 6.40. The molecule has 2 aliphatic rings. The molecule has 2 N–H and O–H groups in total. The van der Waals surface area contributed by atoms with Crippen LogP contribution >= 0.6 is 0 Å². The van der Waals surface area contributed by atoms with Gasteiger partial charge in [0.15, 0.2) is 0 Å². The molecule has 1 aliphatic heterocycles. The second kappa shape index (κ2) is 9.61. The average Bonchev–Trinajstić information content (AvgIpc) is 2.95. The Morgan fingerprint density at radius 2 is 1.52 bits per heavy atom. The summed E-state index contributed by atoms with van der Waals surface area (Å²) in [6.07, 6.45) is 9.50. The van der Waals surface area contributed by atoms with E-state index in [9.17, 15) is 18.0 Å². The van der Waals surface area contributed by atoms with Gasteiger partial charge in [0.2, 0.25) is 15.9 Å². The lowest BCUT2D eigenvalue weighted by molar-refractivity contribution is -0.127. The van der Waals surface area contributed by atoms with E-state index in [1.54, 1.807) is 29.2 Å². The minimum absolute atomic E-state index is 0.0244. The monoisotopic (exact) mass is 421 g/mol. The Balaban J connectivity index is 1.49. The third-order valence-electron chi connectivity index (χ3n) is 5.79. The van der Waals surface area contributed by atoms with Crippen LogP contribution in [-0.2, 0) is 14.8 Å². The fraction of sp³-hybridized carbons (Fsp3) is 0.619. The van der Waals surface area contributed by atoms with Crippen molar-refractivity contribution in [2.45, 2.75) is 57.4 Å². The van der Waals surface area contributed by atoms with Gasteiger partial charge in [0.05, 0.1) is 6.26 Å². The van der Waals surface area contributed by atoms with Crippen molar-refractivity contribution >= 4 is 27.5 Å². The molecule has 0 unspecified atom stereocenters. The van der Waals surface area contributed by atoms with E-state index < -0.39 is 10.0 Å². The lowest BCUT2D eigenvalue weighted by atomic mass is 9.94. The number of hydrogen-bond acceptors (Lipinski definition) is 4. The zero-order valence-electron chi connectivity index (χ0n) is 17.0. The highest BCUT2D eigenvalue weighted by Gasteiger charge is 2.29. The first-order chi connectivity index (χ1) is 13.8. The highest BCUT2D eigenvalue weighted by atomic mass is 32.2. The van der Waals surface area contributed by atoms with E-state index in [-0.39, 0.29) is 17.7 Å². The fourth-order valence-electron chi connectivity index (χ4n) is 4.17. The van der Waals surface area contributed by atoms with Crippen LogP contribution < -0.4 is 10.0 Å². The number of amides is 2. The van der Waals surface area contributed by atoms with Crippen LogP contribution in [-0.4, -0.2) is 50.5 Å². The highest BCUT2D eigenvalue weighted by molar-refractivity contribution is 7.92. The van der Waals surface area contributed by atoms with Crippen molar-refractivity contribution in [3.63, 3.8) is 0 Å². The van der Waals surface area contributed by atoms with Crippen molar-refractivity contribution < 1.29 is 18.0 Å². The summed E-state index contributed by atoms with van der Waals surface area (Å²) in [5.41, 5.74) is 0.948. The minimum Gasteiger partial charge on any atom is -0.353 e. The van der Waals surface area contributed by atoms with Gasteiger partial charge in [-0.05, 0) is 49.9 Å². The fourth-order valence-corrected chi connectivity index (χ4v) is 4.73. The first-order valence-corrected chi connectivity index (χ1v) is 12.4. The lowest BCUT2D eigenvalue weighted by Gasteiger charge is -2.32. The van der Waals surface area contributed by atoms with E-state index in [1.165, 1.54) is 25.7 Å². The van der Waals surface area contributed by atoms with Gasteiger partial charge in [-0.1, -0.05) is 25.7 Å². The van der Waals surface area contributed by atoms with Gasteiger partial charge in [-0.25, -0.2) is 8.42 Å². The second-order valence-corrected chi connectivity index (χ2v) is 9.96. The van der Waals surface area contributed by atoms with Crippen molar-refractivity contribution in [1.82, 2.24) is 10.2 Å². The minimum atomic E-state index is -3.34. The van der Waals surface area contributed by atoms with Gasteiger partial charge in [-0.3, -0.25) is 14.3 Å². The summed E-state index contributed by atoms with van der Waals surface area (Å²) in [4.78, 5) is 27.1. The number of piperidine rings is 1. The summed E-state index contributed by atoms with van der Waals surface area (Å²) in [5, 5.41) is 3.23. The first kappa shape index (κ1) is 21.6. The van der Waals surface area contributed by atoms with Crippen LogP contribution in [0.4, 0.5) is 5.69 Å². The zero-order valence-corrected chi connectivity index (χ0v) is 17.8. The second-order valence-electron chi connectivity index (χ2n) is 8.22. The molecule has 160 valence electrons. The van der Waals surface area contributed by atoms with Crippen molar-refractivity contribution in [1.29, 1.82) is 0 Å². The molecular weight excluding hydrogens is 390 g/mol. The molecule has 7 nitrogen and oxygen atoms in total. The molecule has 0 spiro atoms. The number of nitrogens with zero attached hydrogens (tertiary/aromatic N) is 1. The summed E-state index contributed by atoms with van der Waals surface area (Å²) in [5.74, 6) is 0.0300. The van der Waals surface area contributed by atoms with E-state index >= 15 is 0 Å². The quantitative estimate of drug-likeness (QED) is 0.715. The molecule has 1 saturated carbocycles.